The van der Waals surface area contributed by atoms with E-state index in [-0.39, 0.29) is 6.03 Å². The van der Waals surface area contributed by atoms with E-state index < -0.39 is 0 Å². The standard InChI is InChI=1S/C20H23N3O3/c1-22(14-17-8-5-11-25-17)13-16-7-3-4-10-19(16)21-20(24)23(2)15-18-9-6-12-26-18/h3-12H,13-15H2,1-2H3,(H,21,24). The van der Waals surface area contributed by atoms with E-state index in [0.29, 0.717) is 19.6 Å². The number of furan rings is 2. The molecule has 0 aliphatic heterocycles. The molecule has 1 N–H and O–H groups in total. The van der Waals surface area contributed by atoms with Crippen LogP contribution >= 0.6 is 0 Å². The number of nitrogens with zero attached hydrogens (tertiary/aromatic N) is 2. The van der Waals surface area contributed by atoms with Crippen molar-refractivity contribution in [3.63, 3.8) is 0 Å². The minimum atomic E-state index is -0.178. The number of carbonyl (C=O) groups is 1. The van der Waals surface area contributed by atoms with Crippen LogP contribution in [0.2, 0.25) is 0 Å². The first-order chi connectivity index (χ1) is 12.6. The van der Waals surface area contributed by atoms with Crippen molar-refractivity contribution in [2.24, 2.45) is 0 Å². The summed E-state index contributed by atoms with van der Waals surface area (Å²) >= 11 is 0. The number of amides is 2. The van der Waals surface area contributed by atoms with Crippen molar-refractivity contribution in [3.05, 3.63) is 78.1 Å². The molecule has 6 heteroatoms. The van der Waals surface area contributed by atoms with Gasteiger partial charge in [-0.15, -0.1) is 0 Å². The Labute approximate surface area is 153 Å². The monoisotopic (exact) mass is 353 g/mol. The number of hydrogen-bond donors (Lipinski definition) is 1. The summed E-state index contributed by atoms with van der Waals surface area (Å²) in [4.78, 5) is 16.2. The fourth-order valence-electron chi connectivity index (χ4n) is 2.71. The number of rotatable bonds is 7. The summed E-state index contributed by atoms with van der Waals surface area (Å²) in [5, 5.41) is 2.98. The first kappa shape index (κ1) is 17.8. The van der Waals surface area contributed by atoms with E-state index in [9.17, 15) is 4.79 Å². The van der Waals surface area contributed by atoms with E-state index in [1.54, 1.807) is 24.5 Å². The van der Waals surface area contributed by atoms with Gasteiger partial charge >= 0.3 is 6.03 Å². The van der Waals surface area contributed by atoms with Crippen molar-refractivity contribution in [1.82, 2.24) is 9.80 Å². The fraction of sp³-hybridized carbons (Fsp3) is 0.250. The quantitative estimate of drug-likeness (QED) is 0.692. The molecule has 0 unspecified atom stereocenters. The summed E-state index contributed by atoms with van der Waals surface area (Å²) in [6, 6.07) is 15.1. The molecule has 2 aromatic heterocycles. The number of nitrogens with one attached hydrogen (secondary N) is 1. The molecule has 6 nitrogen and oxygen atoms in total. The highest BCUT2D eigenvalue weighted by atomic mass is 16.3. The van der Waals surface area contributed by atoms with Crippen molar-refractivity contribution in [2.45, 2.75) is 19.6 Å². The molecule has 136 valence electrons. The summed E-state index contributed by atoms with van der Waals surface area (Å²) in [5.41, 5.74) is 1.84. The van der Waals surface area contributed by atoms with E-state index in [4.69, 9.17) is 8.83 Å². The van der Waals surface area contributed by atoms with Crippen LogP contribution in [0.4, 0.5) is 10.5 Å². The zero-order chi connectivity index (χ0) is 18.4. The maximum atomic E-state index is 12.5. The zero-order valence-corrected chi connectivity index (χ0v) is 15.0. The maximum absolute atomic E-state index is 12.5. The normalized spacial score (nSPS) is 10.9. The molecule has 0 atom stereocenters. The van der Waals surface area contributed by atoms with Gasteiger partial charge in [-0.25, -0.2) is 4.79 Å². The lowest BCUT2D eigenvalue weighted by Crippen LogP contribution is -2.31. The summed E-state index contributed by atoms with van der Waals surface area (Å²) in [6.45, 7) is 1.81. The number of benzene rings is 1. The highest BCUT2D eigenvalue weighted by molar-refractivity contribution is 5.89. The van der Waals surface area contributed by atoms with E-state index >= 15 is 0 Å². The smallest absolute Gasteiger partial charge is 0.322 e. The molecule has 0 aliphatic rings. The minimum Gasteiger partial charge on any atom is -0.468 e. The summed E-state index contributed by atoms with van der Waals surface area (Å²) in [7, 11) is 3.76. The molecule has 0 radical (unpaired) electrons. The molecule has 3 rings (SSSR count). The molecule has 0 saturated carbocycles. The highest BCUT2D eigenvalue weighted by Crippen LogP contribution is 2.19. The van der Waals surface area contributed by atoms with Crippen LogP contribution < -0.4 is 5.32 Å². The maximum Gasteiger partial charge on any atom is 0.322 e. The minimum absolute atomic E-state index is 0.178. The van der Waals surface area contributed by atoms with Gasteiger partial charge < -0.3 is 19.1 Å². The average molecular weight is 353 g/mol. The molecule has 1 aromatic carbocycles. The van der Waals surface area contributed by atoms with Gasteiger partial charge in [-0.05, 0) is 42.9 Å². The van der Waals surface area contributed by atoms with Crippen LogP contribution in [0.3, 0.4) is 0 Å². The van der Waals surface area contributed by atoms with Crippen LogP contribution in [0.15, 0.2) is 69.9 Å². The van der Waals surface area contributed by atoms with E-state index in [1.807, 2.05) is 55.6 Å². The van der Waals surface area contributed by atoms with Gasteiger partial charge in [-0.2, -0.15) is 0 Å². The Kier molecular flexibility index (Phi) is 5.76. The predicted molar refractivity (Wildman–Crippen MR) is 99.5 cm³/mol. The van der Waals surface area contributed by atoms with Gasteiger partial charge in [-0.1, -0.05) is 18.2 Å². The molecular formula is C20H23N3O3. The van der Waals surface area contributed by atoms with Gasteiger partial charge in [0.25, 0.3) is 0 Å². The molecular weight excluding hydrogens is 330 g/mol. The average Bonchev–Trinajstić information content (AvgIpc) is 3.30. The Morgan fingerprint density at radius 3 is 2.19 bits per heavy atom. The summed E-state index contributed by atoms with van der Waals surface area (Å²) in [6.07, 6.45) is 3.28. The molecule has 0 saturated heterocycles. The first-order valence-electron chi connectivity index (χ1n) is 8.45. The van der Waals surface area contributed by atoms with Crippen LogP contribution in [0, 0.1) is 0 Å². The topological polar surface area (TPSA) is 61.9 Å². The van der Waals surface area contributed by atoms with Crippen LogP contribution in [0.25, 0.3) is 0 Å². The van der Waals surface area contributed by atoms with Crippen LogP contribution in [-0.2, 0) is 19.6 Å². The Morgan fingerprint density at radius 1 is 0.885 bits per heavy atom. The van der Waals surface area contributed by atoms with Gasteiger partial charge in [0, 0.05) is 19.3 Å². The van der Waals surface area contributed by atoms with Crippen molar-refractivity contribution < 1.29 is 13.6 Å². The van der Waals surface area contributed by atoms with Crippen LogP contribution in [-0.4, -0.2) is 29.9 Å². The third-order valence-corrected chi connectivity index (χ3v) is 4.02. The van der Waals surface area contributed by atoms with Gasteiger partial charge in [-0.3, -0.25) is 4.90 Å². The van der Waals surface area contributed by atoms with Gasteiger partial charge in [0.15, 0.2) is 0 Å². The number of urea groups is 1. The SMILES string of the molecule is CN(Cc1ccco1)Cc1ccccc1NC(=O)N(C)Cc1ccco1. The Balaban J connectivity index is 1.61. The van der Waals surface area contributed by atoms with Crippen molar-refractivity contribution in [2.75, 3.05) is 19.4 Å². The fourth-order valence-corrected chi connectivity index (χ4v) is 2.71. The second kappa shape index (κ2) is 8.40. The Bertz CT molecular complexity index is 813. The molecule has 0 spiro atoms. The van der Waals surface area contributed by atoms with Crippen LogP contribution in [0.5, 0.6) is 0 Å². The molecule has 26 heavy (non-hydrogen) atoms. The Hall–Kier alpha value is -2.99. The molecule has 2 amide bonds. The van der Waals surface area contributed by atoms with Crippen molar-refractivity contribution in [1.29, 1.82) is 0 Å². The Morgan fingerprint density at radius 2 is 1.54 bits per heavy atom. The lowest BCUT2D eigenvalue weighted by atomic mass is 10.1. The van der Waals surface area contributed by atoms with Gasteiger partial charge in [0.2, 0.25) is 0 Å². The molecule has 3 aromatic rings. The van der Waals surface area contributed by atoms with E-state index in [1.165, 1.54) is 0 Å². The second-order valence-electron chi connectivity index (χ2n) is 6.27. The largest absolute Gasteiger partial charge is 0.468 e. The van der Waals surface area contributed by atoms with E-state index in [0.717, 1.165) is 22.8 Å². The summed E-state index contributed by atoms with van der Waals surface area (Å²) < 4.78 is 10.7. The lowest BCUT2D eigenvalue weighted by Gasteiger charge is -2.20. The lowest BCUT2D eigenvalue weighted by molar-refractivity contribution is 0.216. The summed E-state index contributed by atoms with van der Waals surface area (Å²) in [5.74, 6) is 1.65. The van der Waals surface area contributed by atoms with Gasteiger partial charge in [0.1, 0.15) is 11.5 Å². The molecule has 0 bridgehead atoms. The number of anilines is 1. The highest BCUT2D eigenvalue weighted by Gasteiger charge is 2.13. The molecule has 0 aliphatic carbocycles. The second-order valence-corrected chi connectivity index (χ2v) is 6.27. The number of carbonyl (C=O) groups excluding carboxylic acids is 1. The van der Waals surface area contributed by atoms with Crippen molar-refractivity contribution >= 4 is 11.7 Å². The zero-order valence-electron chi connectivity index (χ0n) is 15.0. The molecule has 0 fully saturated rings. The first-order valence-corrected chi connectivity index (χ1v) is 8.45. The number of para-hydroxylation sites is 1. The number of hydrogen-bond acceptors (Lipinski definition) is 4. The van der Waals surface area contributed by atoms with Crippen molar-refractivity contribution in [3.8, 4) is 0 Å². The van der Waals surface area contributed by atoms with Gasteiger partial charge in [0.05, 0.1) is 25.6 Å². The third kappa shape index (κ3) is 4.77. The van der Waals surface area contributed by atoms with E-state index in [2.05, 4.69) is 10.2 Å². The predicted octanol–water partition coefficient (Wildman–Crippen LogP) is 4.17. The molecule has 2 heterocycles. The van der Waals surface area contributed by atoms with Crippen LogP contribution in [0.1, 0.15) is 17.1 Å². The third-order valence-electron chi connectivity index (χ3n) is 4.02.